The number of aliphatic carboxylic acids is 1. The van der Waals surface area contributed by atoms with Crippen molar-refractivity contribution in [1.29, 1.82) is 5.26 Å². The minimum absolute atomic E-state index is 0.0323. The highest BCUT2D eigenvalue weighted by Gasteiger charge is 2.40. The molecule has 844 valence electrons. The third kappa shape index (κ3) is 52.8. The lowest BCUT2D eigenvalue weighted by Gasteiger charge is -2.44. The molecule has 12 aliphatic rings. The Labute approximate surface area is 884 Å². The molecule has 12 aliphatic heterocycles. The van der Waals surface area contributed by atoms with Crippen molar-refractivity contribution >= 4 is 59.1 Å². The first-order valence-electron chi connectivity index (χ1n) is 56.5. The van der Waals surface area contributed by atoms with Gasteiger partial charge >= 0.3 is 5.97 Å². The van der Waals surface area contributed by atoms with Gasteiger partial charge < -0.3 is 94.1 Å². The van der Waals surface area contributed by atoms with Gasteiger partial charge in [0.1, 0.15) is 0 Å². The summed E-state index contributed by atoms with van der Waals surface area (Å²) in [6, 6.07) is 3.95. The predicted molar refractivity (Wildman–Crippen MR) is 581 cm³/mol. The van der Waals surface area contributed by atoms with Gasteiger partial charge in [-0.15, -0.1) is 0 Å². The summed E-state index contributed by atoms with van der Waals surface area (Å²) in [5, 5.41) is 42.9. The maximum Gasteiger partial charge on any atom is 0.303 e. The van der Waals surface area contributed by atoms with Gasteiger partial charge in [-0.25, -0.2) is 0 Å². The number of morpholine rings is 2. The number of carboxylic acid groups (broad SMARTS) is 1. The summed E-state index contributed by atoms with van der Waals surface area (Å²) in [6.45, 7) is 84.3. The number of ether oxygens (including phenoxy) is 3. The minimum atomic E-state index is -0.725. The van der Waals surface area contributed by atoms with Crippen LogP contribution in [0.4, 0.5) is 0 Å². The van der Waals surface area contributed by atoms with Gasteiger partial charge in [0.25, 0.3) is 0 Å². The Morgan fingerprint density at radius 1 is 0.363 bits per heavy atom. The van der Waals surface area contributed by atoms with E-state index in [2.05, 4.69) is 187 Å². The normalized spacial score (nSPS) is 21.8. The fourth-order valence-corrected chi connectivity index (χ4v) is 20.5. The molecule has 146 heavy (non-hydrogen) atoms. The molecule has 0 bridgehead atoms. The Balaban J connectivity index is 0.000000296. The number of carboxylic acids is 1. The number of piperazine rings is 4. The molecule has 2 atom stereocenters. The molecule has 9 amide bonds. The molecular weight excluding hydrogens is 1850 g/mol. The van der Waals surface area contributed by atoms with Gasteiger partial charge in [0.15, 0.2) is 0 Å². The number of aliphatic hydroxyl groups is 2. The zero-order valence-electron chi connectivity index (χ0n) is 96.8. The number of rotatable bonds is 22. The molecule has 33 heteroatoms. The van der Waals surface area contributed by atoms with Gasteiger partial charge in [0.2, 0.25) is 53.2 Å². The quantitative estimate of drug-likeness (QED) is 0.0672. The van der Waals surface area contributed by atoms with Crippen LogP contribution in [0.2, 0.25) is 0 Å². The SMILES string of the molecule is CC(C)(C)CC(=O)N1CCC(C(=O)N2CCNCC2)CC1.CC(C)(C)CC(=O)N1CCC(N2CCOC[C@@H]2CO)CC1.CC(C)(C)CC(=O)N1CCC(N2CCOC[C@H]2CO)CC1.CC(C)(C)CC(=O)N1CCN(CC2CCOCC2)CC1.CC(C)(C)CC(=O)O.CC(C)CC(=O)N1CCC(C(=O)N2CCN(C)CC2)CC1.CC(C)CC(=O)N1CCC(NCC(C)(C)C#N)CC1.CCN1CCN(C(=O)CC(C)(C)C)CC1. The number of carbonyl (C=O) groups excluding carboxylic acids is 9. The van der Waals surface area contributed by atoms with Gasteiger partial charge in [-0.2, -0.15) is 5.26 Å². The number of piperidine rings is 5. The number of nitriles is 1. The van der Waals surface area contributed by atoms with Crippen molar-refractivity contribution in [2.45, 2.75) is 332 Å². The van der Waals surface area contributed by atoms with E-state index in [0.29, 0.717) is 118 Å². The van der Waals surface area contributed by atoms with Gasteiger partial charge in [-0.3, -0.25) is 62.6 Å². The smallest absolute Gasteiger partial charge is 0.303 e. The molecule has 33 nitrogen and oxygen atoms in total. The first-order chi connectivity index (χ1) is 68.3. The number of likely N-dealkylation sites (N-methyl/N-ethyl adjacent to an activating group) is 2. The van der Waals surface area contributed by atoms with E-state index < -0.39 is 5.97 Å². The second-order valence-corrected chi connectivity index (χ2v) is 52.1. The molecule has 0 radical (unpaired) electrons. The second-order valence-electron chi connectivity index (χ2n) is 52.1. The Hall–Kier alpha value is -6.29. The number of nitrogens with one attached hydrogen (secondary N) is 2. The number of aliphatic hydroxyl groups excluding tert-OH is 2. The van der Waals surface area contributed by atoms with Gasteiger partial charge in [0, 0.05) is 284 Å². The molecule has 0 aliphatic carbocycles. The molecule has 0 spiro atoms. The summed E-state index contributed by atoms with van der Waals surface area (Å²) in [7, 11) is 2.10. The van der Waals surface area contributed by atoms with Gasteiger partial charge in [-0.1, -0.05) is 159 Å². The zero-order chi connectivity index (χ0) is 109. The van der Waals surface area contributed by atoms with E-state index in [1.54, 1.807) is 0 Å². The maximum atomic E-state index is 12.5. The zero-order valence-corrected chi connectivity index (χ0v) is 96.8. The Kier molecular flexibility index (Phi) is 57.1. The van der Waals surface area contributed by atoms with Crippen molar-refractivity contribution < 1.29 is 77.5 Å². The highest BCUT2D eigenvalue weighted by atomic mass is 16.5. The number of hydrogen-bond acceptors (Lipinski definition) is 23. The van der Waals surface area contributed by atoms with Crippen molar-refractivity contribution in [2.24, 2.45) is 67.5 Å². The lowest BCUT2D eigenvalue weighted by Crippen LogP contribution is -2.55. The number of hydrogen-bond donors (Lipinski definition) is 5. The Morgan fingerprint density at radius 3 is 0.966 bits per heavy atom. The summed E-state index contributed by atoms with van der Waals surface area (Å²) >= 11 is 0. The average molecular weight is 2060 g/mol. The van der Waals surface area contributed by atoms with Crippen LogP contribution in [-0.4, -0.2) is 436 Å². The molecule has 0 unspecified atom stereocenters. The van der Waals surface area contributed by atoms with Crippen molar-refractivity contribution in [1.82, 2.24) is 79.2 Å². The van der Waals surface area contributed by atoms with E-state index >= 15 is 0 Å². The van der Waals surface area contributed by atoms with Crippen LogP contribution in [0, 0.1) is 78.8 Å². The summed E-state index contributed by atoms with van der Waals surface area (Å²) in [5.41, 5.74) is -0.0451. The molecule has 5 N–H and O–H groups in total. The second kappa shape index (κ2) is 64.0. The third-order valence-electron chi connectivity index (χ3n) is 29.2. The molecule has 12 fully saturated rings. The largest absolute Gasteiger partial charge is 0.481 e. The van der Waals surface area contributed by atoms with Gasteiger partial charge in [0.05, 0.1) is 69.6 Å². The summed E-state index contributed by atoms with van der Waals surface area (Å²) in [5.74, 6) is 3.69. The van der Waals surface area contributed by atoms with Crippen molar-refractivity contribution in [3.63, 3.8) is 0 Å². The average Bonchev–Trinajstić information content (AvgIpc) is 0.829. The van der Waals surface area contributed by atoms with E-state index in [1.165, 1.54) is 19.4 Å². The number of likely N-dealkylation sites (tertiary alicyclic amines) is 5. The van der Waals surface area contributed by atoms with Gasteiger partial charge in [-0.05, 0) is 155 Å². The first kappa shape index (κ1) is 130. The highest BCUT2D eigenvalue weighted by molar-refractivity contribution is 5.82. The molecule has 12 saturated heterocycles. The molecular formula is C113H211N17O16. The molecule has 0 aromatic heterocycles. The van der Waals surface area contributed by atoms with Crippen molar-refractivity contribution in [3.8, 4) is 6.07 Å². The van der Waals surface area contributed by atoms with Crippen LogP contribution in [0.15, 0.2) is 0 Å². The molecule has 0 aromatic rings. The molecule has 12 rings (SSSR count). The number of amides is 9. The van der Waals surface area contributed by atoms with Crippen molar-refractivity contribution in [2.75, 3.05) is 263 Å². The van der Waals surface area contributed by atoms with Crippen LogP contribution >= 0.6 is 0 Å². The van der Waals surface area contributed by atoms with Crippen LogP contribution in [0.3, 0.4) is 0 Å². The van der Waals surface area contributed by atoms with Crippen LogP contribution in [0.5, 0.6) is 0 Å². The van der Waals surface area contributed by atoms with Crippen LogP contribution < -0.4 is 10.6 Å². The van der Waals surface area contributed by atoms with E-state index in [9.17, 15) is 58.2 Å². The fraction of sp³-hybridized carbons (Fsp3) is 0.903. The lowest BCUT2D eigenvalue weighted by atomic mass is 9.90. The van der Waals surface area contributed by atoms with E-state index in [0.717, 1.165) is 286 Å². The van der Waals surface area contributed by atoms with Crippen molar-refractivity contribution in [3.05, 3.63) is 0 Å². The predicted octanol–water partition coefficient (Wildman–Crippen LogP) is 11.6. The Bertz CT molecular complexity index is 3760. The summed E-state index contributed by atoms with van der Waals surface area (Å²) in [4.78, 5) is 150. The lowest BCUT2D eigenvalue weighted by molar-refractivity contribution is -0.142. The standard InChI is InChI=1S/2C16H29N3O2.2C16H30N2O3.C16H30N2O2.C15H27N3O.C12H24N2O.C6H12O2/c1-16(2,3)12-14(20)18-8-4-13(5-9-18)15(21)19-10-6-17-7-11-19;1-13(2)12-15(20)18-6-4-14(5-7-18)16(21)19-10-8-17(3)9-11-19;2*1-16(2,3)10-15(20)17-6-4-13(5-7-17)18-8-9-21-12-14(18)11-19;1-16(2,3)12-15(19)18-8-6-17(7-9-18)13-14-4-10-20-11-5-14;1-12(2)9-14(19)18-7-5-13(6-8-18)17-11-15(3,4)10-16;1-5-13-6-8-14(9-7-13)11(15)10-12(2,3)4;1-6(2,3)4-5(7)8/h13,17H,4-12H2,1-3H3;13-14H,4-12H2,1-3H3;2*13-14,19H,4-12H2,1-3H3;14H,4-13H2,1-3H3;12-13,17H,5-9,11H2,1-4H3;5-10H2,1-4H3;4H2,1-3H3,(H,7,8)/t;;2*14-;;;;/m..10..../s1. The van der Waals surface area contributed by atoms with Crippen LogP contribution in [0.25, 0.3) is 0 Å². The summed E-state index contributed by atoms with van der Waals surface area (Å²) < 4.78 is 16.3. The third-order valence-corrected chi connectivity index (χ3v) is 29.2. The molecule has 12 heterocycles. The number of carbonyl (C=O) groups is 10. The fourth-order valence-electron chi connectivity index (χ4n) is 20.5. The minimum Gasteiger partial charge on any atom is -0.481 e. The van der Waals surface area contributed by atoms with E-state index in [1.807, 2.05) is 78.7 Å². The number of nitrogens with zero attached hydrogens (tertiary/aromatic N) is 15. The monoisotopic (exact) mass is 2060 g/mol. The molecule has 0 aromatic carbocycles. The first-order valence-corrected chi connectivity index (χ1v) is 56.5. The van der Waals surface area contributed by atoms with E-state index in [-0.39, 0.29) is 111 Å². The topological polar surface area (TPSA) is 352 Å². The van der Waals surface area contributed by atoms with Crippen LogP contribution in [-0.2, 0) is 62.2 Å². The maximum absolute atomic E-state index is 12.5. The highest BCUT2D eigenvalue weighted by Crippen LogP contribution is 2.32. The molecule has 0 saturated carbocycles. The van der Waals surface area contributed by atoms with Crippen LogP contribution in [0.1, 0.15) is 302 Å². The van der Waals surface area contributed by atoms with E-state index in [4.69, 9.17) is 24.6 Å². The Morgan fingerprint density at radius 2 is 0.664 bits per heavy atom. The summed E-state index contributed by atoms with van der Waals surface area (Å²) in [6.07, 6.45) is 16.4.